The maximum atomic E-state index is 12.2. The Morgan fingerprint density at radius 3 is 2.00 bits per heavy atom. The Morgan fingerprint density at radius 1 is 1.25 bits per heavy atom. The molecular formula is C8H16F3N. The molecule has 1 unspecified atom stereocenters. The topological polar surface area (TPSA) is 3.24 Å². The Hall–Kier alpha value is -0.250. The van der Waals surface area contributed by atoms with Crippen LogP contribution in [0.1, 0.15) is 19.8 Å². The minimum Gasteiger partial charge on any atom is -0.309 e. The van der Waals surface area contributed by atoms with Crippen molar-refractivity contribution in [3.05, 3.63) is 0 Å². The monoisotopic (exact) mass is 183 g/mol. The Kier molecular flexibility index (Phi) is 4.60. The van der Waals surface area contributed by atoms with Crippen molar-refractivity contribution in [2.75, 3.05) is 20.6 Å². The van der Waals surface area contributed by atoms with Crippen molar-refractivity contribution in [1.82, 2.24) is 4.90 Å². The van der Waals surface area contributed by atoms with Crippen LogP contribution < -0.4 is 0 Å². The lowest BCUT2D eigenvalue weighted by Gasteiger charge is -2.20. The lowest BCUT2D eigenvalue weighted by molar-refractivity contribution is -0.177. The standard InChI is InChI=1S/C8H16F3N/c1-4-7(8(9,10)11)5-6-12(2)3/h7H,4-6H2,1-3H3. The summed E-state index contributed by atoms with van der Waals surface area (Å²) in [6.07, 6.45) is -3.64. The van der Waals surface area contributed by atoms with Crippen LogP contribution in [0.5, 0.6) is 0 Å². The van der Waals surface area contributed by atoms with Crippen LogP contribution in [0, 0.1) is 5.92 Å². The fraction of sp³-hybridized carbons (Fsp3) is 1.00. The van der Waals surface area contributed by atoms with E-state index in [9.17, 15) is 13.2 Å². The molecule has 0 aromatic heterocycles. The van der Waals surface area contributed by atoms with Crippen molar-refractivity contribution in [1.29, 1.82) is 0 Å². The molecule has 1 atom stereocenters. The number of hydrogen-bond acceptors (Lipinski definition) is 1. The number of halogens is 3. The van der Waals surface area contributed by atoms with Crippen LogP contribution in [-0.4, -0.2) is 31.7 Å². The molecule has 0 aliphatic rings. The van der Waals surface area contributed by atoms with Gasteiger partial charge in [-0.1, -0.05) is 6.92 Å². The van der Waals surface area contributed by atoms with Crippen LogP contribution in [0.15, 0.2) is 0 Å². The van der Waals surface area contributed by atoms with Crippen molar-refractivity contribution < 1.29 is 13.2 Å². The van der Waals surface area contributed by atoms with Gasteiger partial charge in [0.1, 0.15) is 0 Å². The van der Waals surface area contributed by atoms with Gasteiger partial charge in [-0.2, -0.15) is 13.2 Å². The average molecular weight is 183 g/mol. The average Bonchev–Trinajstić information content (AvgIpc) is 1.85. The predicted octanol–water partition coefficient (Wildman–Crippen LogP) is 2.53. The predicted molar refractivity (Wildman–Crippen MR) is 43.0 cm³/mol. The molecule has 0 saturated heterocycles. The van der Waals surface area contributed by atoms with Gasteiger partial charge in [0.05, 0.1) is 5.92 Å². The lowest BCUT2D eigenvalue weighted by Crippen LogP contribution is -2.26. The third kappa shape index (κ3) is 4.59. The Morgan fingerprint density at radius 2 is 1.75 bits per heavy atom. The van der Waals surface area contributed by atoms with Gasteiger partial charge in [0.15, 0.2) is 0 Å². The Balaban J connectivity index is 3.84. The second kappa shape index (κ2) is 4.70. The van der Waals surface area contributed by atoms with Crippen molar-refractivity contribution in [2.24, 2.45) is 5.92 Å². The van der Waals surface area contributed by atoms with Gasteiger partial charge in [-0.15, -0.1) is 0 Å². The molecule has 0 radical (unpaired) electrons. The van der Waals surface area contributed by atoms with E-state index in [4.69, 9.17) is 0 Å². The van der Waals surface area contributed by atoms with Gasteiger partial charge in [-0.3, -0.25) is 0 Å². The van der Waals surface area contributed by atoms with E-state index in [1.807, 2.05) is 0 Å². The van der Waals surface area contributed by atoms with E-state index in [0.29, 0.717) is 6.54 Å². The molecule has 0 heterocycles. The van der Waals surface area contributed by atoms with Gasteiger partial charge in [0, 0.05) is 0 Å². The molecule has 0 aliphatic heterocycles. The molecule has 4 heteroatoms. The van der Waals surface area contributed by atoms with Crippen molar-refractivity contribution >= 4 is 0 Å². The normalized spacial score (nSPS) is 15.2. The summed E-state index contributed by atoms with van der Waals surface area (Å²) in [5.41, 5.74) is 0. The number of hydrogen-bond donors (Lipinski definition) is 0. The summed E-state index contributed by atoms with van der Waals surface area (Å²) < 4.78 is 36.5. The fourth-order valence-electron chi connectivity index (χ4n) is 1.01. The summed E-state index contributed by atoms with van der Waals surface area (Å²) >= 11 is 0. The first-order chi connectivity index (χ1) is 5.38. The first kappa shape index (κ1) is 11.8. The lowest BCUT2D eigenvalue weighted by atomic mass is 10.0. The van der Waals surface area contributed by atoms with Gasteiger partial charge in [-0.25, -0.2) is 0 Å². The summed E-state index contributed by atoms with van der Waals surface area (Å²) in [5, 5.41) is 0. The molecule has 0 spiro atoms. The fourth-order valence-corrected chi connectivity index (χ4v) is 1.01. The second-order valence-electron chi connectivity index (χ2n) is 3.24. The summed E-state index contributed by atoms with van der Waals surface area (Å²) in [6, 6.07) is 0. The molecule has 0 bridgehead atoms. The first-order valence-electron chi connectivity index (χ1n) is 4.09. The van der Waals surface area contributed by atoms with Crippen LogP contribution >= 0.6 is 0 Å². The SMILES string of the molecule is CCC(CCN(C)C)C(F)(F)F. The van der Waals surface area contributed by atoms with Crippen molar-refractivity contribution in [2.45, 2.75) is 25.9 Å². The van der Waals surface area contributed by atoms with Gasteiger partial charge in [0.2, 0.25) is 0 Å². The highest BCUT2D eigenvalue weighted by Gasteiger charge is 2.37. The maximum absolute atomic E-state index is 12.2. The zero-order valence-corrected chi connectivity index (χ0v) is 7.78. The zero-order chi connectivity index (χ0) is 9.78. The number of nitrogens with zero attached hydrogens (tertiary/aromatic N) is 1. The summed E-state index contributed by atoms with van der Waals surface area (Å²) in [6.45, 7) is 2.08. The second-order valence-corrected chi connectivity index (χ2v) is 3.24. The van der Waals surface area contributed by atoms with E-state index in [-0.39, 0.29) is 12.8 Å². The highest BCUT2D eigenvalue weighted by atomic mass is 19.4. The minimum atomic E-state index is -4.02. The molecule has 0 amide bonds. The highest BCUT2D eigenvalue weighted by Crippen LogP contribution is 2.31. The quantitative estimate of drug-likeness (QED) is 0.647. The van der Waals surface area contributed by atoms with Crippen LogP contribution in [0.3, 0.4) is 0 Å². The third-order valence-electron chi connectivity index (χ3n) is 1.88. The van der Waals surface area contributed by atoms with Gasteiger partial charge in [-0.05, 0) is 33.5 Å². The largest absolute Gasteiger partial charge is 0.391 e. The summed E-state index contributed by atoms with van der Waals surface area (Å²) in [7, 11) is 3.56. The van der Waals surface area contributed by atoms with E-state index < -0.39 is 12.1 Å². The molecule has 12 heavy (non-hydrogen) atoms. The Bertz CT molecular complexity index is 120. The molecule has 0 saturated carbocycles. The van der Waals surface area contributed by atoms with E-state index in [2.05, 4.69) is 0 Å². The molecular weight excluding hydrogens is 167 g/mol. The Labute approximate surface area is 71.6 Å². The molecule has 0 N–H and O–H groups in total. The molecule has 0 rings (SSSR count). The number of alkyl halides is 3. The summed E-state index contributed by atoms with van der Waals surface area (Å²) in [4.78, 5) is 1.77. The van der Waals surface area contributed by atoms with Crippen molar-refractivity contribution in [3.8, 4) is 0 Å². The molecule has 0 fully saturated rings. The van der Waals surface area contributed by atoms with E-state index in [0.717, 1.165) is 0 Å². The molecule has 1 nitrogen and oxygen atoms in total. The first-order valence-corrected chi connectivity index (χ1v) is 4.09. The van der Waals surface area contributed by atoms with Gasteiger partial charge < -0.3 is 4.90 Å². The minimum absolute atomic E-state index is 0.178. The summed E-state index contributed by atoms with van der Waals surface area (Å²) in [5.74, 6) is -1.14. The van der Waals surface area contributed by atoms with Crippen LogP contribution in [0.25, 0.3) is 0 Å². The van der Waals surface area contributed by atoms with Crippen molar-refractivity contribution in [3.63, 3.8) is 0 Å². The van der Waals surface area contributed by atoms with Gasteiger partial charge >= 0.3 is 6.18 Å². The van der Waals surface area contributed by atoms with Crippen LogP contribution in [0.4, 0.5) is 13.2 Å². The zero-order valence-electron chi connectivity index (χ0n) is 7.78. The van der Waals surface area contributed by atoms with E-state index in [1.165, 1.54) is 0 Å². The number of rotatable bonds is 4. The molecule has 74 valence electrons. The third-order valence-corrected chi connectivity index (χ3v) is 1.88. The molecule has 0 aromatic rings. The van der Waals surface area contributed by atoms with Gasteiger partial charge in [0.25, 0.3) is 0 Å². The smallest absolute Gasteiger partial charge is 0.309 e. The highest BCUT2D eigenvalue weighted by molar-refractivity contribution is 4.66. The van der Waals surface area contributed by atoms with Crippen LogP contribution in [-0.2, 0) is 0 Å². The maximum Gasteiger partial charge on any atom is 0.391 e. The van der Waals surface area contributed by atoms with E-state index in [1.54, 1.807) is 25.9 Å². The van der Waals surface area contributed by atoms with Crippen LogP contribution in [0.2, 0.25) is 0 Å². The molecule has 0 aliphatic carbocycles. The molecule has 0 aromatic carbocycles. The van der Waals surface area contributed by atoms with E-state index >= 15 is 0 Å².